The Kier molecular flexibility index (Phi) is 26.4. The summed E-state index contributed by atoms with van der Waals surface area (Å²) in [6.07, 6.45) is 5.21. The SMILES string of the molecule is C/C=C/C[C@@H](C)[C@@H](O)[C@@H](C(=O)N[C@@H](CC)C(=O)N(C)[C@H](CSCCN(CC)CC)C(=O)N(C)[C@@H](CC(C)(C)OCSC)C(=O)NC(=O)NC)N(C)C(=O)CC(C)C. The van der Waals surface area contributed by atoms with Crippen molar-refractivity contribution in [3.63, 3.8) is 0 Å². The van der Waals surface area contributed by atoms with Crippen LogP contribution in [0.25, 0.3) is 0 Å². The monoisotopic (exact) mass is 846 g/mol. The molecule has 0 aromatic rings. The van der Waals surface area contributed by atoms with Gasteiger partial charge in [-0.25, -0.2) is 4.79 Å². The Labute approximate surface area is 351 Å². The lowest BCUT2D eigenvalue weighted by Gasteiger charge is -2.38. The van der Waals surface area contributed by atoms with Crippen LogP contribution in [0.2, 0.25) is 0 Å². The summed E-state index contributed by atoms with van der Waals surface area (Å²) in [6, 6.07) is -5.34. The second-order valence-electron chi connectivity index (χ2n) is 15.4. The Hall–Kier alpha value is -2.86. The first-order valence-corrected chi connectivity index (χ1v) is 22.6. The number of nitrogens with one attached hydrogen (secondary N) is 3. The third-order valence-electron chi connectivity index (χ3n) is 9.99. The number of amides is 7. The fourth-order valence-electron chi connectivity index (χ4n) is 6.08. The predicted octanol–water partition coefficient (Wildman–Crippen LogP) is 3.41. The topological polar surface area (TPSA) is 181 Å². The van der Waals surface area contributed by atoms with Crippen LogP contribution in [0.5, 0.6) is 0 Å². The highest BCUT2D eigenvalue weighted by molar-refractivity contribution is 7.99. The highest BCUT2D eigenvalue weighted by atomic mass is 32.2. The summed E-state index contributed by atoms with van der Waals surface area (Å²) in [7, 11) is 5.83. The summed E-state index contributed by atoms with van der Waals surface area (Å²) in [5.41, 5.74) is -0.870. The molecule has 0 aromatic heterocycles. The quantitative estimate of drug-likeness (QED) is 0.0541. The van der Waals surface area contributed by atoms with E-state index in [0.717, 1.165) is 19.6 Å². The average molecular weight is 846 g/mol. The van der Waals surface area contributed by atoms with Crippen molar-refractivity contribution in [3.05, 3.63) is 12.2 Å². The number of thioether (sulfide) groups is 2. The van der Waals surface area contributed by atoms with Crippen LogP contribution in [0.1, 0.15) is 88.0 Å². The molecule has 0 aliphatic heterocycles. The molecule has 0 heterocycles. The number of carbonyl (C=O) groups is 6. The zero-order valence-corrected chi connectivity index (χ0v) is 38.8. The lowest BCUT2D eigenvalue weighted by atomic mass is 9.92. The number of hydrogen-bond acceptors (Lipinski definition) is 11. The van der Waals surface area contributed by atoms with E-state index in [2.05, 4.69) is 34.7 Å². The Morgan fingerprint density at radius 1 is 0.895 bits per heavy atom. The van der Waals surface area contributed by atoms with Gasteiger partial charge < -0.3 is 40.1 Å². The summed E-state index contributed by atoms with van der Waals surface area (Å²) in [5, 5.41) is 18.9. The van der Waals surface area contributed by atoms with Crippen LogP contribution in [-0.4, -0.2) is 168 Å². The van der Waals surface area contributed by atoms with Crippen molar-refractivity contribution in [2.75, 3.05) is 71.5 Å². The van der Waals surface area contributed by atoms with Crippen molar-refractivity contribution in [1.82, 2.24) is 35.6 Å². The molecule has 4 N–H and O–H groups in total. The van der Waals surface area contributed by atoms with Gasteiger partial charge >= 0.3 is 6.03 Å². The maximum absolute atomic E-state index is 14.6. The van der Waals surface area contributed by atoms with Gasteiger partial charge in [0.1, 0.15) is 24.2 Å². The number of ether oxygens (including phenoxy) is 1. The van der Waals surface area contributed by atoms with Crippen molar-refractivity contribution in [2.45, 2.75) is 124 Å². The molecule has 0 spiro atoms. The first-order chi connectivity index (χ1) is 26.7. The molecule has 0 rings (SSSR count). The molecule has 0 saturated carbocycles. The van der Waals surface area contributed by atoms with Crippen LogP contribution >= 0.6 is 23.5 Å². The lowest BCUT2D eigenvalue weighted by molar-refractivity contribution is -0.150. The number of likely N-dealkylation sites (N-methyl/N-ethyl adjacent to an activating group) is 3. The second-order valence-corrected chi connectivity index (χ2v) is 17.4. The molecule has 15 nitrogen and oxygen atoms in total. The van der Waals surface area contributed by atoms with E-state index in [0.29, 0.717) is 18.1 Å². The number of nitrogens with zero attached hydrogens (tertiary/aromatic N) is 4. The van der Waals surface area contributed by atoms with Gasteiger partial charge in [0.05, 0.1) is 17.6 Å². The third-order valence-corrected chi connectivity index (χ3v) is 11.4. The van der Waals surface area contributed by atoms with E-state index in [4.69, 9.17) is 4.74 Å². The van der Waals surface area contributed by atoms with Crippen LogP contribution in [0.3, 0.4) is 0 Å². The Balaban J connectivity index is 6.87. The fourth-order valence-corrected chi connectivity index (χ4v) is 7.66. The van der Waals surface area contributed by atoms with E-state index in [1.807, 2.05) is 39.2 Å². The van der Waals surface area contributed by atoms with Gasteiger partial charge in [0.2, 0.25) is 23.6 Å². The molecule has 0 aromatic carbocycles. The number of urea groups is 1. The number of aliphatic hydroxyl groups excluding tert-OH is 1. The third kappa shape index (κ3) is 18.7. The van der Waals surface area contributed by atoms with Gasteiger partial charge in [-0.05, 0) is 64.8 Å². The molecule has 17 heteroatoms. The smallest absolute Gasteiger partial charge is 0.321 e. The minimum absolute atomic E-state index is 0.0146. The Bertz CT molecular complexity index is 1300. The van der Waals surface area contributed by atoms with Crippen LogP contribution in [0, 0.1) is 11.8 Å². The zero-order chi connectivity index (χ0) is 44.0. The molecule has 6 atom stereocenters. The molecule has 0 aliphatic rings. The van der Waals surface area contributed by atoms with Gasteiger partial charge in [0, 0.05) is 59.1 Å². The van der Waals surface area contributed by atoms with Crippen LogP contribution < -0.4 is 16.0 Å². The maximum atomic E-state index is 14.6. The Morgan fingerprint density at radius 3 is 2.00 bits per heavy atom. The van der Waals surface area contributed by atoms with Gasteiger partial charge in [-0.3, -0.25) is 29.3 Å². The van der Waals surface area contributed by atoms with E-state index in [1.54, 1.807) is 27.7 Å². The zero-order valence-electron chi connectivity index (χ0n) is 37.2. The van der Waals surface area contributed by atoms with Gasteiger partial charge in [-0.1, -0.05) is 53.7 Å². The van der Waals surface area contributed by atoms with Gasteiger partial charge in [0.15, 0.2) is 0 Å². The summed E-state index contributed by atoms with van der Waals surface area (Å²) >= 11 is 2.95. The molecular formula is C40H75N7O8S2. The van der Waals surface area contributed by atoms with Crippen molar-refractivity contribution < 1.29 is 38.6 Å². The van der Waals surface area contributed by atoms with E-state index in [9.17, 15) is 33.9 Å². The van der Waals surface area contributed by atoms with Crippen LogP contribution in [0.15, 0.2) is 12.2 Å². The van der Waals surface area contributed by atoms with Crippen molar-refractivity contribution in [2.24, 2.45) is 11.8 Å². The Morgan fingerprint density at radius 2 is 1.49 bits per heavy atom. The number of carbonyl (C=O) groups excluding carboxylic acids is 6. The highest BCUT2D eigenvalue weighted by Gasteiger charge is 2.41. The number of rotatable bonds is 27. The highest BCUT2D eigenvalue weighted by Crippen LogP contribution is 2.24. The van der Waals surface area contributed by atoms with Crippen LogP contribution in [-0.2, 0) is 28.7 Å². The van der Waals surface area contributed by atoms with Crippen molar-refractivity contribution in [1.29, 1.82) is 0 Å². The first-order valence-electron chi connectivity index (χ1n) is 20.0. The van der Waals surface area contributed by atoms with E-state index < -0.39 is 65.5 Å². The molecule has 0 aliphatic carbocycles. The summed E-state index contributed by atoms with van der Waals surface area (Å²) in [5.74, 6) is -1.98. The molecular weight excluding hydrogens is 771 g/mol. The molecule has 0 radical (unpaired) electrons. The minimum Gasteiger partial charge on any atom is -0.390 e. The summed E-state index contributed by atoms with van der Waals surface area (Å²) < 4.78 is 5.98. The van der Waals surface area contributed by atoms with Crippen molar-refractivity contribution in [3.8, 4) is 0 Å². The molecule has 330 valence electrons. The number of imide groups is 1. The lowest BCUT2D eigenvalue weighted by Crippen LogP contribution is -2.61. The molecule has 0 saturated heterocycles. The fraction of sp³-hybridized carbons (Fsp3) is 0.800. The van der Waals surface area contributed by atoms with E-state index in [-0.39, 0.29) is 42.8 Å². The molecule has 7 amide bonds. The van der Waals surface area contributed by atoms with Crippen LogP contribution in [0.4, 0.5) is 4.79 Å². The molecule has 0 unspecified atom stereocenters. The summed E-state index contributed by atoms with van der Waals surface area (Å²) in [4.78, 5) is 88.2. The van der Waals surface area contributed by atoms with Gasteiger partial charge in [0.25, 0.3) is 5.91 Å². The number of allylic oxidation sites excluding steroid dienone is 2. The molecule has 0 bridgehead atoms. The van der Waals surface area contributed by atoms with Crippen molar-refractivity contribution >= 4 is 59.1 Å². The summed E-state index contributed by atoms with van der Waals surface area (Å²) in [6.45, 7) is 19.4. The normalized spacial score (nSPS) is 15.0. The van der Waals surface area contributed by atoms with E-state index >= 15 is 0 Å². The van der Waals surface area contributed by atoms with Gasteiger partial charge in [-0.2, -0.15) is 11.8 Å². The van der Waals surface area contributed by atoms with E-state index in [1.165, 1.54) is 66.4 Å². The number of aliphatic hydroxyl groups is 1. The average Bonchev–Trinajstić information content (AvgIpc) is 3.17. The molecule has 0 fully saturated rings. The second kappa shape index (κ2) is 27.8. The van der Waals surface area contributed by atoms with Gasteiger partial charge in [-0.15, -0.1) is 11.8 Å². The largest absolute Gasteiger partial charge is 0.390 e. The maximum Gasteiger partial charge on any atom is 0.321 e. The standard InChI is InChI=1S/C40H75N7O8S2/c1-15-19-20-28(7)34(49)33(46(13)32(48)23-27(5)6)36(51)42-29(16-2)37(52)45(12)31(25-57-22-21-47(17-3)18-4)38(53)44(11)30(35(50)43-39(54)41-10)24-40(8,9)55-26-56-14/h15,19,27-31,33-34,49H,16-18,20-26H2,1-14H3,(H,42,51)(H2,41,43,50,54)/b19-15+/t28-,29+,30+,31-,33+,34-/m1/s1. The first kappa shape index (κ1) is 54.1. The molecule has 57 heavy (non-hydrogen) atoms. The number of hydrogen-bond donors (Lipinski definition) is 4. The predicted molar refractivity (Wildman–Crippen MR) is 232 cm³/mol. The minimum atomic E-state index is -1.28.